The molecule has 0 bridgehead atoms. The van der Waals surface area contributed by atoms with Crippen LogP contribution in [0.2, 0.25) is 0 Å². The van der Waals surface area contributed by atoms with Crippen molar-refractivity contribution < 1.29 is 9.53 Å². The average molecular weight is 425 g/mol. The molecular weight excluding hydrogens is 402 g/mol. The monoisotopic (exact) mass is 425 g/mol. The second kappa shape index (κ2) is 8.63. The summed E-state index contributed by atoms with van der Waals surface area (Å²) in [5, 5.41) is 5.82. The van der Waals surface area contributed by atoms with Crippen LogP contribution in [0, 0.1) is 0 Å². The Morgan fingerprint density at radius 3 is 2.81 bits per heavy atom. The maximum Gasteiger partial charge on any atom is 0.246 e. The van der Waals surface area contributed by atoms with Crippen molar-refractivity contribution in [2.24, 2.45) is 0 Å². The number of para-hydroxylation sites is 1. The van der Waals surface area contributed by atoms with E-state index in [1.54, 1.807) is 6.20 Å². The summed E-state index contributed by atoms with van der Waals surface area (Å²) in [6, 6.07) is 17.6. The number of carbonyl (C=O) groups excluding carboxylic acids is 1. The van der Waals surface area contributed by atoms with Crippen LogP contribution in [0.25, 0.3) is 22.3 Å². The molecule has 1 aliphatic heterocycles. The Morgan fingerprint density at radius 2 is 1.97 bits per heavy atom. The van der Waals surface area contributed by atoms with E-state index >= 15 is 0 Å². The molecule has 4 aromatic rings. The molecule has 1 saturated heterocycles. The first-order chi connectivity index (χ1) is 15.7. The predicted octanol–water partition coefficient (Wildman–Crippen LogP) is 4.64. The van der Waals surface area contributed by atoms with E-state index in [1.165, 1.54) is 12.4 Å². The molecule has 32 heavy (non-hydrogen) atoms. The third-order valence-electron chi connectivity index (χ3n) is 5.69. The molecule has 5 rings (SSSR count). The van der Waals surface area contributed by atoms with Crippen molar-refractivity contribution in [3.05, 3.63) is 79.8 Å². The molecule has 2 aromatic heterocycles. The molecule has 3 heterocycles. The molecular formula is C25H23N5O2. The lowest BCUT2D eigenvalue weighted by Gasteiger charge is -2.32. The molecule has 2 aromatic carbocycles. The van der Waals surface area contributed by atoms with Crippen LogP contribution in [0.4, 0.5) is 0 Å². The Hall–Kier alpha value is -4.00. The van der Waals surface area contributed by atoms with E-state index in [2.05, 4.69) is 16.5 Å². The van der Waals surface area contributed by atoms with Gasteiger partial charge >= 0.3 is 0 Å². The van der Waals surface area contributed by atoms with Crippen LogP contribution >= 0.6 is 0 Å². The Kier molecular flexibility index (Phi) is 5.37. The van der Waals surface area contributed by atoms with Gasteiger partial charge in [0.25, 0.3) is 0 Å². The minimum absolute atomic E-state index is 0.0440. The lowest BCUT2D eigenvalue weighted by atomic mass is 10.1. The highest BCUT2D eigenvalue weighted by molar-refractivity contribution is 5.91. The van der Waals surface area contributed by atoms with E-state index < -0.39 is 0 Å². The predicted molar refractivity (Wildman–Crippen MR) is 122 cm³/mol. The van der Waals surface area contributed by atoms with Crippen molar-refractivity contribution in [3.8, 4) is 22.8 Å². The number of aromatic nitrogens is 4. The normalized spacial score (nSPS) is 16.1. The summed E-state index contributed by atoms with van der Waals surface area (Å²) in [6.07, 6.45) is 6.54. The van der Waals surface area contributed by atoms with E-state index in [1.807, 2.05) is 64.2 Å². The number of fused-ring (bicyclic) bond motifs is 1. The number of amides is 1. The average Bonchev–Trinajstić information content (AvgIpc) is 3.24. The molecule has 1 amide bonds. The zero-order valence-electron chi connectivity index (χ0n) is 17.6. The third-order valence-corrected chi connectivity index (χ3v) is 5.69. The van der Waals surface area contributed by atoms with Gasteiger partial charge in [0, 0.05) is 24.8 Å². The molecule has 1 fully saturated rings. The van der Waals surface area contributed by atoms with Crippen LogP contribution in [-0.4, -0.2) is 43.6 Å². The van der Waals surface area contributed by atoms with Crippen molar-refractivity contribution in [3.63, 3.8) is 0 Å². The molecule has 1 aliphatic rings. The molecule has 160 valence electrons. The van der Waals surface area contributed by atoms with Gasteiger partial charge in [0.05, 0.1) is 11.4 Å². The minimum atomic E-state index is -0.0493. The lowest BCUT2D eigenvalue weighted by molar-refractivity contribution is -0.127. The maximum atomic E-state index is 12.2. The third kappa shape index (κ3) is 3.85. The van der Waals surface area contributed by atoms with Crippen molar-refractivity contribution >= 4 is 16.9 Å². The quantitative estimate of drug-likeness (QED) is 0.436. The first-order valence-electron chi connectivity index (χ1n) is 10.7. The molecule has 0 N–H and O–H groups in total. The van der Waals surface area contributed by atoms with E-state index in [4.69, 9.17) is 9.84 Å². The number of hydrogen-bond acceptors (Lipinski definition) is 5. The van der Waals surface area contributed by atoms with Crippen molar-refractivity contribution in [2.45, 2.75) is 18.9 Å². The number of hydrogen-bond donors (Lipinski definition) is 0. The zero-order valence-corrected chi connectivity index (χ0v) is 17.6. The second-order valence-electron chi connectivity index (χ2n) is 7.78. The number of carbonyl (C=O) groups is 1. The standard InChI is InChI=1S/C25H23N5O2/c1-2-23(31)29-13-7-9-19(16-29)30-25-22(15-26-17-27-25)24(28-30)18-8-6-12-21(14-18)32-20-10-4-3-5-11-20/h2-6,8,10-12,14-15,17,19H,1,7,9,13,16H2. The first kappa shape index (κ1) is 19.9. The highest BCUT2D eigenvalue weighted by atomic mass is 16.5. The van der Waals surface area contributed by atoms with Crippen LogP contribution < -0.4 is 4.74 Å². The second-order valence-corrected chi connectivity index (χ2v) is 7.78. The Labute approximate surface area is 186 Å². The van der Waals surface area contributed by atoms with Gasteiger partial charge in [-0.2, -0.15) is 5.10 Å². The summed E-state index contributed by atoms with van der Waals surface area (Å²) >= 11 is 0. The molecule has 7 nitrogen and oxygen atoms in total. The summed E-state index contributed by atoms with van der Waals surface area (Å²) in [5.41, 5.74) is 2.49. The van der Waals surface area contributed by atoms with Gasteiger partial charge in [0.1, 0.15) is 23.5 Å². The highest BCUT2D eigenvalue weighted by Gasteiger charge is 2.27. The molecule has 1 atom stereocenters. The van der Waals surface area contributed by atoms with Gasteiger partial charge in [0.15, 0.2) is 5.65 Å². The Balaban J connectivity index is 1.51. The van der Waals surface area contributed by atoms with E-state index in [0.717, 1.165) is 53.2 Å². The van der Waals surface area contributed by atoms with E-state index in [9.17, 15) is 4.79 Å². The van der Waals surface area contributed by atoms with Gasteiger partial charge in [-0.05, 0) is 43.2 Å². The summed E-state index contributed by atoms with van der Waals surface area (Å²) in [6.45, 7) is 4.94. The molecule has 1 unspecified atom stereocenters. The van der Waals surface area contributed by atoms with Crippen molar-refractivity contribution in [2.75, 3.05) is 13.1 Å². The smallest absolute Gasteiger partial charge is 0.246 e. The number of benzene rings is 2. The van der Waals surface area contributed by atoms with Crippen LogP contribution in [0.15, 0.2) is 79.8 Å². The molecule has 0 aliphatic carbocycles. The summed E-state index contributed by atoms with van der Waals surface area (Å²) in [4.78, 5) is 22.7. The minimum Gasteiger partial charge on any atom is -0.457 e. The number of nitrogens with zero attached hydrogens (tertiary/aromatic N) is 5. The Morgan fingerprint density at radius 1 is 1.12 bits per heavy atom. The largest absolute Gasteiger partial charge is 0.457 e. The fourth-order valence-corrected chi connectivity index (χ4v) is 4.16. The van der Waals surface area contributed by atoms with Gasteiger partial charge in [-0.25, -0.2) is 14.6 Å². The van der Waals surface area contributed by atoms with Crippen LogP contribution in [0.1, 0.15) is 18.9 Å². The fourth-order valence-electron chi connectivity index (χ4n) is 4.16. The van der Waals surface area contributed by atoms with Gasteiger partial charge in [-0.3, -0.25) is 4.79 Å². The SMILES string of the molecule is C=CC(=O)N1CCCC(n2nc(-c3cccc(Oc4ccccc4)c3)c3cncnc32)C1. The number of rotatable bonds is 5. The topological polar surface area (TPSA) is 73.1 Å². The molecule has 0 spiro atoms. The first-order valence-corrected chi connectivity index (χ1v) is 10.7. The van der Waals surface area contributed by atoms with Crippen molar-refractivity contribution in [1.82, 2.24) is 24.6 Å². The highest BCUT2D eigenvalue weighted by Crippen LogP contribution is 2.33. The lowest BCUT2D eigenvalue weighted by Crippen LogP contribution is -2.40. The molecule has 0 radical (unpaired) electrons. The van der Waals surface area contributed by atoms with Crippen LogP contribution in [0.5, 0.6) is 11.5 Å². The fraction of sp³-hybridized carbons (Fsp3) is 0.200. The van der Waals surface area contributed by atoms with E-state index in [0.29, 0.717) is 6.54 Å². The molecule has 7 heteroatoms. The van der Waals surface area contributed by atoms with E-state index in [-0.39, 0.29) is 11.9 Å². The summed E-state index contributed by atoms with van der Waals surface area (Å²) in [5.74, 6) is 1.46. The number of ether oxygens (including phenoxy) is 1. The van der Waals surface area contributed by atoms with Crippen LogP contribution in [0.3, 0.4) is 0 Å². The summed E-state index contributed by atoms with van der Waals surface area (Å²) < 4.78 is 7.95. The van der Waals surface area contributed by atoms with Crippen molar-refractivity contribution in [1.29, 1.82) is 0 Å². The number of likely N-dealkylation sites (tertiary alicyclic amines) is 1. The summed E-state index contributed by atoms with van der Waals surface area (Å²) in [7, 11) is 0. The Bertz CT molecular complexity index is 1270. The zero-order chi connectivity index (χ0) is 21.9. The van der Waals surface area contributed by atoms with Gasteiger partial charge in [-0.1, -0.05) is 36.9 Å². The van der Waals surface area contributed by atoms with Gasteiger partial charge < -0.3 is 9.64 Å². The van der Waals surface area contributed by atoms with Crippen LogP contribution in [-0.2, 0) is 4.79 Å². The van der Waals surface area contributed by atoms with Gasteiger partial charge in [0.2, 0.25) is 5.91 Å². The van der Waals surface area contributed by atoms with Gasteiger partial charge in [-0.15, -0.1) is 0 Å². The molecule has 0 saturated carbocycles. The number of piperidine rings is 1. The maximum absolute atomic E-state index is 12.2.